The van der Waals surface area contributed by atoms with Gasteiger partial charge in [0.05, 0.1) is 6.04 Å². The van der Waals surface area contributed by atoms with Crippen molar-refractivity contribution in [3.63, 3.8) is 0 Å². The third-order valence-corrected chi connectivity index (χ3v) is 1.07. The maximum Gasteiger partial charge on any atom is 0.303 e. The summed E-state index contributed by atoms with van der Waals surface area (Å²) >= 11 is 0. The number of carboxylic acids is 1. The number of halogens is 1. The maximum atomic E-state index is 12.0. The van der Waals surface area contributed by atoms with Crippen LogP contribution >= 0.6 is 0 Å². The predicted octanol–water partition coefficient (Wildman–Crippen LogP) is 0.662. The van der Waals surface area contributed by atoms with Crippen molar-refractivity contribution in [2.45, 2.75) is 18.9 Å². The van der Waals surface area contributed by atoms with Crippen LogP contribution in [0.3, 0.4) is 0 Å². The van der Waals surface area contributed by atoms with Crippen LogP contribution in [0.15, 0.2) is 12.4 Å². The second-order valence-corrected chi connectivity index (χ2v) is 1.99. The molecule has 3 nitrogen and oxygen atoms in total. The van der Waals surface area contributed by atoms with Gasteiger partial charge in [-0.05, 0) is 6.42 Å². The highest BCUT2D eigenvalue weighted by atomic mass is 19.1. The lowest BCUT2D eigenvalue weighted by Gasteiger charge is -2.04. The molecule has 0 radical (unpaired) electrons. The molecule has 0 aromatic heterocycles. The van der Waals surface area contributed by atoms with Crippen LogP contribution in [0.2, 0.25) is 0 Å². The second kappa shape index (κ2) is 4.00. The van der Waals surface area contributed by atoms with Gasteiger partial charge < -0.3 is 10.8 Å². The Morgan fingerprint density at radius 3 is 2.60 bits per heavy atom. The minimum absolute atomic E-state index is 0.102. The Bertz CT molecular complexity index is 147. The van der Waals surface area contributed by atoms with Crippen LogP contribution in [0.5, 0.6) is 0 Å². The van der Waals surface area contributed by atoms with Gasteiger partial charge in [-0.2, -0.15) is 0 Å². The van der Waals surface area contributed by atoms with Gasteiger partial charge in [0.2, 0.25) is 0 Å². The van der Waals surface area contributed by atoms with E-state index in [0.717, 1.165) is 0 Å². The van der Waals surface area contributed by atoms with Crippen LogP contribution in [0.1, 0.15) is 12.8 Å². The summed E-state index contributed by atoms with van der Waals surface area (Å²) in [6.45, 7) is 2.95. The first kappa shape index (κ1) is 9.10. The molecule has 0 fully saturated rings. The molecular weight excluding hydrogens is 137 g/mol. The van der Waals surface area contributed by atoms with Gasteiger partial charge in [-0.15, -0.1) is 0 Å². The maximum absolute atomic E-state index is 12.0. The van der Waals surface area contributed by atoms with Crippen molar-refractivity contribution in [2.24, 2.45) is 5.73 Å². The van der Waals surface area contributed by atoms with Gasteiger partial charge in [0.1, 0.15) is 5.83 Å². The molecule has 4 heteroatoms. The van der Waals surface area contributed by atoms with Crippen LogP contribution in [0.4, 0.5) is 4.39 Å². The van der Waals surface area contributed by atoms with Crippen molar-refractivity contribution in [3.8, 4) is 0 Å². The van der Waals surface area contributed by atoms with Crippen LogP contribution < -0.4 is 5.73 Å². The van der Waals surface area contributed by atoms with Crippen molar-refractivity contribution in [3.05, 3.63) is 12.4 Å². The Kier molecular flexibility index (Phi) is 3.64. The third kappa shape index (κ3) is 4.03. The van der Waals surface area contributed by atoms with Gasteiger partial charge in [-0.3, -0.25) is 4.79 Å². The zero-order valence-electron chi connectivity index (χ0n) is 5.51. The largest absolute Gasteiger partial charge is 0.481 e. The van der Waals surface area contributed by atoms with E-state index in [4.69, 9.17) is 10.8 Å². The van der Waals surface area contributed by atoms with Crippen molar-refractivity contribution >= 4 is 5.97 Å². The molecule has 0 aromatic carbocycles. The first-order chi connectivity index (χ1) is 4.54. The summed E-state index contributed by atoms with van der Waals surface area (Å²) in [5, 5.41) is 8.14. The molecule has 0 rings (SSSR count). The summed E-state index contributed by atoms with van der Waals surface area (Å²) < 4.78 is 12.0. The number of hydrogen-bond acceptors (Lipinski definition) is 2. The van der Waals surface area contributed by atoms with Gasteiger partial charge in [-0.25, -0.2) is 4.39 Å². The van der Waals surface area contributed by atoms with Gasteiger partial charge in [0, 0.05) is 6.42 Å². The van der Waals surface area contributed by atoms with E-state index in [0.29, 0.717) is 0 Å². The predicted molar refractivity (Wildman–Crippen MR) is 35.1 cm³/mol. The average molecular weight is 147 g/mol. The summed E-state index contributed by atoms with van der Waals surface area (Å²) in [7, 11) is 0. The van der Waals surface area contributed by atoms with Crippen LogP contribution in [0.25, 0.3) is 0 Å². The van der Waals surface area contributed by atoms with Gasteiger partial charge in [0.15, 0.2) is 0 Å². The van der Waals surface area contributed by atoms with E-state index in [1.807, 2.05) is 0 Å². The first-order valence-corrected chi connectivity index (χ1v) is 2.85. The lowest BCUT2D eigenvalue weighted by atomic mass is 10.1. The summed E-state index contributed by atoms with van der Waals surface area (Å²) in [4.78, 5) is 9.92. The molecule has 0 aromatic rings. The lowest BCUT2D eigenvalue weighted by Crippen LogP contribution is -2.21. The third-order valence-electron chi connectivity index (χ3n) is 1.07. The molecule has 0 aliphatic rings. The standard InChI is InChI=1S/C6H10FNO2/c1-4(7)5(8)2-3-6(9)10/h5H,1-3,8H2,(H,9,10). The molecule has 10 heavy (non-hydrogen) atoms. The lowest BCUT2D eigenvalue weighted by molar-refractivity contribution is -0.137. The summed E-state index contributed by atoms with van der Waals surface area (Å²) in [6.07, 6.45) is -0.0191. The fourth-order valence-corrected chi connectivity index (χ4v) is 0.436. The Morgan fingerprint density at radius 1 is 1.80 bits per heavy atom. The fraction of sp³-hybridized carbons (Fsp3) is 0.500. The minimum Gasteiger partial charge on any atom is -0.481 e. The molecule has 58 valence electrons. The number of nitrogens with two attached hydrogens (primary N) is 1. The molecule has 1 unspecified atom stereocenters. The average Bonchev–Trinajstić information content (AvgIpc) is 1.82. The van der Waals surface area contributed by atoms with E-state index >= 15 is 0 Å². The molecule has 0 spiro atoms. The molecule has 0 amide bonds. The van der Waals surface area contributed by atoms with Gasteiger partial charge in [-0.1, -0.05) is 6.58 Å². The Hall–Kier alpha value is -0.900. The molecule has 0 saturated heterocycles. The van der Waals surface area contributed by atoms with E-state index in [2.05, 4.69) is 6.58 Å². The molecule has 0 saturated carbocycles. The van der Waals surface area contributed by atoms with Crippen LogP contribution in [-0.4, -0.2) is 17.1 Å². The highest BCUT2D eigenvalue weighted by Gasteiger charge is 2.07. The Labute approximate surface area is 58.3 Å². The van der Waals surface area contributed by atoms with Crippen LogP contribution in [0, 0.1) is 0 Å². The highest BCUT2D eigenvalue weighted by Crippen LogP contribution is 2.04. The molecule has 3 N–H and O–H groups in total. The molecule has 0 heterocycles. The van der Waals surface area contributed by atoms with E-state index in [1.165, 1.54) is 0 Å². The number of rotatable bonds is 4. The van der Waals surface area contributed by atoms with Crippen molar-refractivity contribution < 1.29 is 14.3 Å². The fourth-order valence-electron chi connectivity index (χ4n) is 0.436. The monoisotopic (exact) mass is 147 g/mol. The number of carboxylic acid groups (broad SMARTS) is 1. The summed E-state index contributed by atoms with van der Waals surface area (Å²) in [5.41, 5.74) is 5.13. The quantitative estimate of drug-likeness (QED) is 0.614. The van der Waals surface area contributed by atoms with Crippen molar-refractivity contribution in [2.75, 3.05) is 0 Å². The summed E-state index contributed by atoms with van der Waals surface area (Å²) in [6, 6.07) is -0.837. The van der Waals surface area contributed by atoms with Gasteiger partial charge >= 0.3 is 5.97 Å². The zero-order valence-corrected chi connectivity index (χ0v) is 5.51. The first-order valence-electron chi connectivity index (χ1n) is 2.85. The molecular formula is C6H10FNO2. The molecule has 0 aliphatic heterocycles. The minimum atomic E-state index is -0.975. The van der Waals surface area contributed by atoms with Gasteiger partial charge in [0.25, 0.3) is 0 Å². The Morgan fingerprint density at radius 2 is 2.30 bits per heavy atom. The molecule has 0 bridgehead atoms. The van der Waals surface area contributed by atoms with Crippen LogP contribution in [-0.2, 0) is 4.79 Å². The topological polar surface area (TPSA) is 63.3 Å². The molecule has 0 aliphatic carbocycles. The number of carbonyl (C=O) groups is 1. The summed E-state index contributed by atoms with van der Waals surface area (Å²) in [5.74, 6) is -1.64. The number of aliphatic carboxylic acids is 1. The van der Waals surface area contributed by atoms with E-state index in [1.54, 1.807) is 0 Å². The second-order valence-electron chi connectivity index (χ2n) is 1.99. The highest BCUT2D eigenvalue weighted by molar-refractivity contribution is 5.66. The van der Waals surface area contributed by atoms with Crippen molar-refractivity contribution in [1.82, 2.24) is 0 Å². The number of hydrogen-bond donors (Lipinski definition) is 2. The Balaban J connectivity index is 3.49. The van der Waals surface area contributed by atoms with E-state index in [-0.39, 0.29) is 12.8 Å². The van der Waals surface area contributed by atoms with E-state index in [9.17, 15) is 9.18 Å². The zero-order chi connectivity index (χ0) is 8.15. The SMILES string of the molecule is C=C(F)C(N)CCC(=O)O. The normalized spacial score (nSPS) is 12.6. The smallest absolute Gasteiger partial charge is 0.303 e. The van der Waals surface area contributed by atoms with Crippen molar-refractivity contribution in [1.29, 1.82) is 0 Å². The van der Waals surface area contributed by atoms with E-state index < -0.39 is 17.8 Å². The molecule has 1 atom stereocenters.